The Hall–Kier alpha value is -1.38. The molecule has 0 spiro atoms. The van der Waals surface area contributed by atoms with Crippen LogP contribution in [-0.2, 0) is 28.5 Å². The van der Waals surface area contributed by atoms with Gasteiger partial charge in [0.15, 0.2) is 0 Å². The summed E-state index contributed by atoms with van der Waals surface area (Å²) in [5.41, 5.74) is 3.28. The first-order valence-corrected chi connectivity index (χ1v) is 9.61. The van der Waals surface area contributed by atoms with Crippen molar-refractivity contribution in [1.82, 2.24) is 18.1 Å². The van der Waals surface area contributed by atoms with Crippen molar-refractivity contribution in [3.63, 3.8) is 0 Å². The molecule has 7 nitrogen and oxygen atoms in total. The average molecular weight is 356 g/mol. The van der Waals surface area contributed by atoms with Crippen LogP contribution in [0, 0.1) is 13.8 Å². The van der Waals surface area contributed by atoms with E-state index in [0.29, 0.717) is 39.0 Å². The van der Waals surface area contributed by atoms with Gasteiger partial charge >= 0.3 is 0 Å². The molecule has 1 saturated heterocycles. The summed E-state index contributed by atoms with van der Waals surface area (Å²) in [4.78, 5) is 14.4. The van der Waals surface area contributed by atoms with Crippen molar-refractivity contribution < 1.29 is 13.2 Å². The Balaban J connectivity index is 2.03. The van der Waals surface area contributed by atoms with Gasteiger partial charge in [-0.15, -0.1) is 0 Å². The minimum Gasteiger partial charge on any atom is -0.352 e. The van der Waals surface area contributed by atoms with Crippen molar-refractivity contribution in [3.05, 3.63) is 23.0 Å². The number of amides is 1. The van der Waals surface area contributed by atoms with Gasteiger partial charge in [0.25, 0.3) is 10.2 Å². The van der Waals surface area contributed by atoms with E-state index >= 15 is 0 Å². The topological polar surface area (TPSA) is 65.9 Å². The summed E-state index contributed by atoms with van der Waals surface area (Å²) < 4.78 is 29.2. The lowest BCUT2D eigenvalue weighted by Crippen LogP contribution is -2.42. The molecule has 8 heteroatoms. The van der Waals surface area contributed by atoms with E-state index in [4.69, 9.17) is 0 Å². The highest BCUT2D eigenvalue weighted by Crippen LogP contribution is 2.16. The minimum atomic E-state index is -3.41. The van der Waals surface area contributed by atoms with Gasteiger partial charge in [-0.2, -0.15) is 17.0 Å². The molecule has 1 aromatic heterocycles. The van der Waals surface area contributed by atoms with Gasteiger partial charge < -0.3 is 9.47 Å². The normalized spacial score (nSPS) is 17.3. The number of carbonyl (C=O) groups is 1. The third-order valence-corrected chi connectivity index (χ3v) is 6.76. The third-order valence-electron chi connectivity index (χ3n) is 4.82. The molecule has 1 aliphatic heterocycles. The summed E-state index contributed by atoms with van der Waals surface area (Å²) in [6.45, 7) is 5.88. The lowest BCUT2D eigenvalue weighted by molar-refractivity contribution is -0.130. The molecule has 1 amide bonds. The predicted octanol–water partition coefficient (Wildman–Crippen LogP) is 0.525. The highest BCUT2D eigenvalue weighted by atomic mass is 32.2. The number of carbonyl (C=O) groups excluding carboxylic acids is 1. The molecule has 0 atom stereocenters. The molecule has 24 heavy (non-hydrogen) atoms. The number of rotatable bonds is 4. The molecular formula is C16H28N4O3S. The van der Waals surface area contributed by atoms with Crippen molar-refractivity contribution in [3.8, 4) is 0 Å². The van der Waals surface area contributed by atoms with Gasteiger partial charge in [0, 0.05) is 58.7 Å². The van der Waals surface area contributed by atoms with Crippen LogP contribution >= 0.6 is 0 Å². The SMILES string of the molecule is Cc1cc(CC(=O)N2CCCN(S(=O)(=O)N(C)C)CC2)c(C)n1C. The van der Waals surface area contributed by atoms with Gasteiger partial charge in [0.1, 0.15) is 0 Å². The maximum absolute atomic E-state index is 12.6. The zero-order chi connectivity index (χ0) is 18.1. The second-order valence-corrected chi connectivity index (χ2v) is 8.70. The standard InChI is InChI=1S/C16H28N4O3S/c1-13-11-15(14(2)18(13)5)12-16(21)19-7-6-8-20(10-9-19)24(22,23)17(3)4/h11H,6-10,12H2,1-5H3. The molecule has 2 rings (SSSR count). The molecule has 0 unspecified atom stereocenters. The molecule has 0 N–H and O–H groups in total. The molecular weight excluding hydrogens is 328 g/mol. The minimum absolute atomic E-state index is 0.0628. The Kier molecular flexibility index (Phi) is 5.72. The Morgan fingerprint density at radius 2 is 1.83 bits per heavy atom. The van der Waals surface area contributed by atoms with E-state index in [1.54, 1.807) is 4.90 Å². The molecule has 136 valence electrons. The van der Waals surface area contributed by atoms with Crippen LogP contribution in [0.4, 0.5) is 0 Å². The van der Waals surface area contributed by atoms with Gasteiger partial charge in [-0.3, -0.25) is 4.79 Å². The summed E-state index contributed by atoms with van der Waals surface area (Å²) in [6.07, 6.45) is 1.03. The first kappa shape index (κ1) is 19.0. The van der Waals surface area contributed by atoms with E-state index in [9.17, 15) is 13.2 Å². The van der Waals surface area contributed by atoms with Crippen molar-refractivity contribution >= 4 is 16.1 Å². The monoisotopic (exact) mass is 356 g/mol. The summed E-state index contributed by atoms with van der Waals surface area (Å²) in [6, 6.07) is 2.05. The lowest BCUT2D eigenvalue weighted by atomic mass is 10.1. The Morgan fingerprint density at radius 3 is 2.38 bits per heavy atom. The van der Waals surface area contributed by atoms with Crippen LogP contribution in [0.3, 0.4) is 0 Å². The van der Waals surface area contributed by atoms with E-state index < -0.39 is 10.2 Å². The van der Waals surface area contributed by atoms with Crippen molar-refractivity contribution in [2.75, 3.05) is 40.3 Å². The van der Waals surface area contributed by atoms with E-state index in [0.717, 1.165) is 17.0 Å². The zero-order valence-corrected chi connectivity index (χ0v) is 16.1. The summed E-state index contributed by atoms with van der Waals surface area (Å²) >= 11 is 0. The molecule has 0 bridgehead atoms. The molecule has 1 fully saturated rings. The van der Waals surface area contributed by atoms with E-state index in [1.807, 2.05) is 27.0 Å². The van der Waals surface area contributed by atoms with Gasteiger partial charge in [-0.05, 0) is 31.9 Å². The fourth-order valence-corrected chi connectivity index (χ4v) is 4.13. The largest absolute Gasteiger partial charge is 0.352 e. The second kappa shape index (κ2) is 7.25. The van der Waals surface area contributed by atoms with Crippen LogP contribution in [0.15, 0.2) is 6.07 Å². The van der Waals surface area contributed by atoms with Gasteiger partial charge in [-0.25, -0.2) is 0 Å². The fraction of sp³-hybridized carbons (Fsp3) is 0.688. The summed E-state index contributed by atoms with van der Waals surface area (Å²) in [5.74, 6) is 0.0628. The van der Waals surface area contributed by atoms with Gasteiger partial charge in [0.05, 0.1) is 6.42 Å². The summed E-state index contributed by atoms with van der Waals surface area (Å²) in [7, 11) is 1.64. The van der Waals surface area contributed by atoms with Crippen molar-refractivity contribution in [2.45, 2.75) is 26.7 Å². The van der Waals surface area contributed by atoms with Crippen LogP contribution < -0.4 is 0 Å². The smallest absolute Gasteiger partial charge is 0.281 e. The quantitative estimate of drug-likeness (QED) is 0.790. The number of nitrogens with zero attached hydrogens (tertiary/aromatic N) is 4. The average Bonchev–Trinajstić information content (AvgIpc) is 2.74. The van der Waals surface area contributed by atoms with Crippen LogP contribution in [0.25, 0.3) is 0 Å². The van der Waals surface area contributed by atoms with E-state index in [2.05, 4.69) is 4.57 Å². The third kappa shape index (κ3) is 3.81. The highest BCUT2D eigenvalue weighted by Gasteiger charge is 2.28. The van der Waals surface area contributed by atoms with Crippen molar-refractivity contribution in [1.29, 1.82) is 0 Å². The Bertz CT molecular complexity index is 709. The first-order chi connectivity index (χ1) is 11.1. The van der Waals surface area contributed by atoms with E-state index in [1.165, 1.54) is 22.7 Å². The second-order valence-electron chi connectivity index (χ2n) is 6.56. The van der Waals surface area contributed by atoms with Gasteiger partial charge in [0.2, 0.25) is 5.91 Å². The molecule has 1 aromatic rings. The van der Waals surface area contributed by atoms with E-state index in [-0.39, 0.29) is 5.91 Å². The lowest BCUT2D eigenvalue weighted by Gasteiger charge is -2.24. The molecule has 2 heterocycles. The molecule has 0 aromatic carbocycles. The number of aryl methyl sites for hydroxylation is 1. The predicted molar refractivity (Wildman–Crippen MR) is 94.0 cm³/mol. The number of hydrogen-bond acceptors (Lipinski definition) is 3. The van der Waals surface area contributed by atoms with Crippen LogP contribution in [0.2, 0.25) is 0 Å². The number of hydrogen-bond donors (Lipinski definition) is 0. The maximum Gasteiger partial charge on any atom is 0.281 e. The summed E-state index contributed by atoms with van der Waals surface area (Å²) in [5, 5.41) is 0. The van der Waals surface area contributed by atoms with Crippen LogP contribution in [0.1, 0.15) is 23.4 Å². The number of aromatic nitrogens is 1. The molecule has 0 saturated carbocycles. The van der Waals surface area contributed by atoms with Gasteiger partial charge in [-0.1, -0.05) is 0 Å². The fourth-order valence-electron chi connectivity index (χ4n) is 2.99. The van der Waals surface area contributed by atoms with Crippen molar-refractivity contribution in [2.24, 2.45) is 7.05 Å². The zero-order valence-electron chi connectivity index (χ0n) is 15.2. The Morgan fingerprint density at radius 1 is 1.17 bits per heavy atom. The maximum atomic E-state index is 12.6. The molecule has 1 aliphatic rings. The first-order valence-electron chi connectivity index (χ1n) is 8.21. The van der Waals surface area contributed by atoms with Crippen LogP contribution in [0.5, 0.6) is 0 Å². The van der Waals surface area contributed by atoms with Crippen LogP contribution in [-0.4, -0.2) is 72.7 Å². The molecule has 0 radical (unpaired) electrons. The Labute approximate surface area is 145 Å². The molecule has 0 aliphatic carbocycles. The highest BCUT2D eigenvalue weighted by molar-refractivity contribution is 7.86.